The summed E-state index contributed by atoms with van der Waals surface area (Å²) in [7, 11) is 7.30. The van der Waals surface area contributed by atoms with E-state index >= 15 is 0 Å². The molecule has 3 aliphatic rings. The van der Waals surface area contributed by atoms with E-state index in [4.69, 9.17) is 0 Å². The Hall–Kier alpha value is -2.66. The van der Waals surface area contributed by atoms with E-state index in [0.717, 1.165) is 18.5 Å². The summed E-state index contributed by atoms with van der Waals surface area (Å²) in [5, 5.41) is 36.7. The molecule has 3 aliphatic carbocycles. The fraction of sp³-hybridized carbons (Fsp3) is 0.667. The van der Waals surface area contributed by atoms with E-state index in [0.29, 0.717) is 18.4 Å². The second-order valence-electron chi connectivity index (χ2n) is 13.3. The number of aliphatic hydroxyl groups excluding tert-OH is 1. The number of ketones is 3. The van der Waals surface area contributed by atoms with Gasteiger partial charge in [0.25, 0.3) is 0 Å². The second kappa shape index (κ2) is 10.6. The van der Waals surface area contributed by atoms with Crippen LogP contribution >= 0.6 is 0 Å². The highest BCUT2D eigenvalue weighted by Crippen LogP contribution is 2.51. The molecule has 4 N–H and O–H groups in total. The molecule has 4 rings (SSSR count). The van der Waals surface area contributed by atoms with Crippen LogP contribution in [-0.2, 0) is 27.2 Å². The van der Waals surface area contributed by atoms with Crippen LogP contribution in [0.3, 0.4) is 0 Å². The standard InChI is InChI=1S/C30H43N3O7/c1-29(2,3)31-28(39)22-25(36)23(33(6)7)18-14-16-13-17-15(9-8-12-32(4)5)10-11-19(34)21(17)24(35)20(16)26(37)30(18,40)27(22)38/h10-11,16,18,20,22-23,25,34,36,40H,8-9,12-14H2,1-7H3,(H,31,39)/t16-,18-,20?,22?,23-,25?,30-/m1/s1. The number of likely N-dealkylation sites (N-methyl/N-ethyl adjacent to an activating group) is 1. The van der Waals surface area contributed by atoms with Crippen LogP contribution in [0, 0.1) is 23.7 Å². The first-order chi connectivity index (χ1) is 18.5. The van der Waals surface area contributed by atoms with Crippen LogP contribution in [0.2, 0.25) is 0 Å². The van der Waals surface area contributed by atoms with Gasteiger partial charge in [-0.3, -0.25) is 19.2 Å². The molecule has 0 aliphatic heterocycles. The molecule has 10 heteroatoms. The third-order valence-electron chi connectivity index (χ3n) is 8.80. The van der Waals surface area contributed by atoms with Crippen molar-refractivity contribution in [1.82, 2.24) is 15.1 Å². The number of nitrogens with zero attached hydrogens (tertiary/aromatic N) is 2. The maximum Gasteiger partial charge on any atom is 0.233 e. The van der Waals surface area contributed by atoms with Gasteiger partial charge in [-0.2, -0.15) is 0 Å². The van der Waals surface area contributed by atoms with E-state index < -0.39 is 70.2 Å². The third kappa shape index (κ3) is 5.00. The molecule has 40 heavy (non-hydrogen) atoms. The number of hydrogen-bond donors (Lipinski definition) is 4. The summed E-state index contributed by atoms with van der Waals surface area (Å²) >= 11 is 0. The molecule has 2 saturated carbocycles. The summed E-state index contributed by atoms with van der Waals surface area (Å²) in [4.78, 5) is 58.7. The van der Waals surface area contributed by atoms with Crippen LogP contribution < -0.4 is 5.32 Å². The van der Waals surface area contributed by atoms with E-state index in [1.54, 1.807) is 39.8 Å². The lowest BCUT2D eigenvalue weighted by Crippen LogP contribution is -2.75. The van der Waals surface area contributed by atoms with Crippen LogP contribution in [0.25, 0.3) is 0 Å². The van der Waals surface area contributed by atoms with Gasteiger partial charge in [0.1, 0.15) is 11.7 Å². The van der Waals surface area contributed by atoms with E-state index in [2.05, 4.69) is 10.2 Å². The summed E-state index contributed by atoms with van der Waals surface area (Å²) in [5.41, 5.74) is -1.64. The molecule has 0 bridgehead atoms. The smallest absolute Gasteiger partial charge is 0.233 e. The summed E-state index contributed by atoms with van der Waals surface area (Å²) in [6.45, 7) is 6.02. The molecule has 0 spiro atoms. The van der Waals surface area contributed by atoms with Gasteiger partial charge in [0.15, 0.2) is 23.0 Å². The van der Waals surface area contributed by atoms with E-state index in [1.165, 1.54) is 6.07 Å². The number of rotatable bonds is 6. The Kier molecular flexibility index (Phi) is 8.05. The van der Waals surface area contributed by atoms with Gasteiger partial charge in [0.05, 0.1) is 17.6 Å². The lowest BCUT2D eigenvalue weighted by atomic mass is 9.52. The Morgan fingerprint density at radius 2 is 1.75 bits per heavy atom. The van der Waals surface area contributed by atoms with Gasteiger partial charge in [-0.15, -0.1) is 0 Å². The number of carbonyl (C=O) groups excluding carboxylic acids is 4. The van der Waals surface area contributed by atoms with Crippen LogP contribution in [0.4, 0.5) is 0 Å². The summed E-state index contributed by atoms with van der Waals surface area (Å²) < 4.78 is 0. The molecule has 1 aromatic carbocycles. The highest BCUT2D eigenvalue weighted by Gasteiger charge is 2.69. The number of aliphatic hydroxyl groups is 2. The van der Waals surface area contributed by atoms with Crippen molar-refractivity contribution in [2.24, 2.45) is 23.7 Å². The van der Waals surface area contributed by atoms with Gasteiger partial charge in [-0.1, -0.05) is 6.07 Å². The minimum Gasteiger partial charge on any atom is -0.507 e. The van der Waals surface area contributed by atoms with Crippen molar-refractivity contribution < 1.29 is 34.5 Å². The molecule has 7 atom stereocenters. The van der Waals surface area contributed by atoms with Crippen molar-refractivity contribution in [3.8, 4) is 5.75 Å². The van der Waals surface area contributed by atoms with Gasteiger partial charge in [-0.05, 0) is 104 Å². The van der Waals surface area contributed by atoms with Gasteiger partial charge in [0, 0.05) is 17.5 Å². The third-order valence-corrected chi connectivity index (χ3v) is 8.80. The number of phenolic OH excluding ortho intramolecular Hbond substituents is 1. The molecule has 3 unspecified atom stereocenters. The highest BCUT2D eigenvalue weighted by atomic mass is 16.3. The van der Waals surface area contributed by atoms with Crippen molar-refractivity contribution in [3.63, 3.8) is 0 Å². The topological polar surface area (TPSA) is 147 Å². The molecule has 0 saturated heterocycles. The van der Waals surface area contributed by atoms with Crippen LogP contribution in [-0.4, -0.2) is 106 Å². The molecule has 2 fully saturated rings. The molecular formula is C30H43N3O7. The van der Waals surface area contributed by atoms with Crippen LogP contribution in [0.1, 0.15) is 55.1 Å². The predicted octanol–water partition coefficient (Wildman–Crippen LogP) is 0.582. The Balaban J connectivity index is 1.77. The van der Waals surface area contributed by atoms with E-state index in [9.17, 15) is 34.5 Å². The maximum atomic E-state index is 14.1. The Morgan fingerprint density at radius 1 is 1.10 bits per heavy atom. The second-order valence-corrected chi connectivity index (χ2v) is 13.3. The minimum atomic E-state index is -2.62. The molecule has 1 aromatic rings. The van der Waals surface area contributed by atoms with Crippen molar-refractivity contribution >= 4 is 23.3 Å². The molecule has 1 amide bonds. The molecule has 10 nitrogen and oxygen atoms in total. The zero-order chi connectivity index (χ0) is 29.9. The van der Waals surface area contributed by atoms with Gasteiger partial charge < -0.3 is 30.4 Å². The van der Waals surface area contributed by atoms with E-state index in [1.807, 2.05) is 20.2 Å². The molecule has 220 valence electrons. The van der Waals surface area contributed by atoms with E-state index in [-0.39, 0.29) is 17.7 Å². The molecular weight excluding hydrogens is 514 g/mol. The van der Waals surface area contributed by atoms with Gasteiger partial charge >= 0.3 is 0 Å². The fourth-order valence-electron chi connectivity index (χ4n) is 7.13. The fourth-order valence-corrected chi connectivity index (χ4v) is 7.13. The van der Waals surface area contributed by atoms with Crippen molar-refractivity contribution in [3.05, 3.63) is 28.8 Å². The molecule has 0 radical (unpaired) electrons. The molecule has 0 heterocycles. The SMILES string of the molecule is CN(C)CCCc1ccc(O)c2c1C[C@@H]1C[C@@H]3[C@@H](N(C)C)C(O)C(C(=O)NC(C)(C)C)C(=O)[C@]3(O)C(=O)C1C2=O. The number of nitrogens with one attached hydrogen (secondary N) is 1. The van der Waals surface area contributed by atoms with Crippen molar-refractivity contribution in [1.29, 1.82) is 0 Å². The largest absolute Gasteiger partial charge is 0.507 e. The molecule has 0 aromatic heterocycles. The summed E-state index contributed by atoms with van der Waals surface area (Å²) in [6.07, 6.45) is 0.527. The Morgan fingerprint density at radius 3 is 2.33 bits per heavy atom. The number of phenols is 1. The van der Waals surface area contributed by atoms with Crippen LogP contribution in [0.5, 0.6) is 5.75 Å². The minimum absolute atomic E-state index is 0.0773. The lowest BCUT2D eigenvalue weighted by Gasteiger charge is -2.55. The van der Waals surface area contributed by atoms with Gasteiger partial charge in [-0.25, -0.2) is 0 Å². The Labute approximate surface area is 235 Å². The van der Waals surface area contributed by atoms with Crippen molar-refractivity contribution in [2.45, 2.75) is 69.7 Å². The summed E-state index contributed by atoms with van der Waals surface area (Å²) in [6, 6.07) is 2.39. The number of aryl methyl sites for hydroxylation is 1. The first-order valence-corrected chi connectivity index (χ1v) is 14.0. The normalized spacial score (nSPS) is 32.1. The number of benzene rings is 1. The number of amides is 1. The average molecular weight is 558 g/mol. The highest BCUT2D eigenvalue weighted by molar-refractivity contribution is 6.25. The summed E-state index contributed by atoms with van der Waals surface area (Å²) in [5.74, 6) is -8.18. The van der Waals surface area contributed by atoms with Crippen molar-refractivity contribution in [2.75, 3.05) is 34.7 Å². The number of carbonyl (C=O) groups is 4. The zero-order valence-electron chi connectivity index (χ0n) is 24.5. The Bertz CT molecular complexity index is 1220. The number of hydrogen-bond acceptors (Lipinski definition) is 9. The number of aromatic hydroxyl groups is 1. The monoisotopic (exact) mass is 557 g/mol. The van der Waals surface area contributed by atoms with Gasteiger partial charge in [0.2, 0.25) is 5.91 Å². The van der Waals surface area contributed by atoms with Crippen LogP contribution in [0.15, 0.2) is 12.1 Å². The quantitative estimate of drug-likeness (QED) is 0.369. The first-order valence-electron chi connectivity index (χ1n) is 14.0. The number of fused-ring (bicyclic) bond motifs is 3. The maximum absolute atomic E-state index is 14.1. The number of Topliss-reactive ketones (excluding diaryl/α,β-unsaturated/α-hetero) is 3. The zero-order valence-corrected chi connectivity index (χ0v) is 24.5. The average Bonchev–Trinajstić information content (AvgIpc) is 2.81. The predicted molar refractivity (Wildman–Crippen MR) is 148 cm³/mol. The first kappa shape index (κ1) is 30.3. The lowest BCUT2D eigenvalue weighted by molar-refractivity contribution is -0.191.